The molecule has 4 aromatic rings. The zero-order valence-corrected chi connectivity index (χ0v) is 20.1. The molecule has 0 unspecified atom stereocenters. The van der Waals surface area contributed by atoms with E-state index in [-0.39, 0.29) is 11.6 Å². The third kappa shape index (κ3) is 4.32. The van der Waals surface area contributed by atoms with Crippen LogP contribution in [-0.4, -0.2) is 36.0 Å². The normalized spacial score (nSPS) is 15.5. The maximum atomic E-state index is 2.72. The zero-order valence-electron chi connectivity index (χ0n) is 20.1. The number of hydrogen-bond donors (Lipinski definition) is 0. The van der Waals surface area contributed by atoms with E-state index in [9.17, 15) is 0 Å². The van der Waals surface area contributed by atoms with Gasteiger partial charge in [0.1, 0.15) is 0 Å². The Morgan fingerprint density at radius 1 is 0.559 bits per heavy atom. The highest BCUT2D eigenvalue weighted by atomic mass is 15.3. The van der Waals surface area contributed by atoms with Gasteiger partial charge >= 0.3 is 0 Å². The molecule has 1 fully saturated rings. The second-order valence-corrected chi connectivity index (χ2v) is 9.19. The Bertz CT molecular complexity index is 1060. The van der Waals surface area contributed by atoms with Gasteiger partial charge in [-0.15, -0.1) is 0 Å². The van der Waals surface area contributed by atoms with E-state index in [0.29, 0.717) is 0 Å². The minimum absolute atomic E-state index is 0.108. The number of rotatable bonds is 7. The summed E-state index contributed by atoms with van der Waals surface area (Å²) in [5, 5.41) is 0. The third-order valence-electron chi connectivity index (χ3n) is 7.46. The quantitative estimate of drug-likeness (QED) is 0.310. The van der Waals surface area contributed by atoms with Crippen LogP contribution in [0.15, 0.2) is 121 Å². The van der Waals surface area contributed by atoms with Gasteiger partial charge in [-0.25, -0.2) is 0 Å². The smallest absolute Gasteiger partial charge is 0.0713 e. The van der Waals surface area contributed by atoms with E-state index in [1.807, 2.05) is 0 Å². The van der Waals surface area contributed by atoms with E-state index in [1.54, 1.807) is 0 Å². The molecular formula is C32H34N2. The third-order valence-corrected chi connectivity index (χ3v) is 7.46. The lowest BCUT2D eigenvalue weighted by Crippen LogP contribution is -2.56. The number of piperazine rings is 1. The van der Waals surface area contributed by atoms with Crippen LogP contribution < -0.4 is 0 Å². The molecule has 0 N–H and O–H groups in total. The predicted octanol–water partition coefficient (Wildman–Crippen LogP) is 6.75. The molecule has 0 bridgehead atoms. The van der Waals surface area contributed by atoms with Crippen LogP contribution in [0.25, 0.3) is 0 Å². The summed E-state index contributed by atoms with van der Waals surface area (Å²) < 4.78 is 0. The minimum Gasteiger partial charge on any atom is -0.290 e. The first-order valence-corrected chi connectivity index (χ1v) is 12.5. The van der Waals surface area contributed by atoms with Gasteiger partial charge in [-0.2, -0.15) is 0 Å². The van der Waals surface area contributed by atoms with E-state index < -0.39 is 0 Å². The standard InChI is InChI=1S/C32H34N2/c1-2-32(29-19-11-5-12-20-29,30-21-13-6-14-22-30)34-25-23-33(24-26-34)31(27-15-7-3-8-16-27)28-17-9-4-10-18-28/h3-22,31H,2,23-26H2,1H3. The Balaban J connectivity index is 1.46. The van der Waals surface area contributed by atoms with Crippen LogP contribution in [0.4, 0.5) is 0 Å². The van der Waals surface area contributed by atoms with E-state index in [2.05, 4.69) is 138 Å². The average Bonchev–Trinajstić information content (AvgIpc) is 2.93. The van der Waals surface area contributed by atoms with Crippen LogP contribution in [0.2, 0.25) is 0 Å². The molecule has 0 saturated carbocycles. The zero-order chi connectivity index (χ0) is 23.2. The van der Waals surface area contributed by atoms with Crippen LogP contribution in [-0.2, 0) is 5.54 Å². The minimum atomic E-state index is -0.108. The van der Waals surface area contributed by atoms with Crippen molar-refractivity contribution < 1.29 is 0 Å². The topological polar surface area (TPSA) is 6.48 Å². The lowest BCUT2D eigenvalue weighted by atomic mass is 9.78. The van der Waals surface area contributed by atoms with Crippen molar-refractivity contribution in [1.82, 2.24) is 9.80 Å². The molecule has 2 heteroatoms. The van der Waals surface area contributed by atoms with Gasteiger partial charge in [-0.1, -0.05) is 128 Å². The summed E-state index contributed by atoms with van der Waals surface area (Å²) in [6.45, 7) is 6.48. The first-order chi connectivity index (χ1) is 16.8. The Labute approximate surface area is 204 Å². The maximum Gasteiger partial charge on any atom is 0.0713 e. The van der Waals surface area contributed by atoms with Crippen LogP contribution in [0, 0.1) is 0 Å². The molecule has 4 aromatic carbocycles. The Kier molecular flexibility index (Phi) is 6.89. The molecule has 0 radical (unpaired) electrons. The lowest BCUT2D eigenvalue weighted by molar-refractivity contribution is 0.0382. The molecule has 5 rings (SSSR count). The number of hydrogen-bond acceptors (Lipinski definition) is 2. The van der Waals surface area contributed by atoms with E-state index in [1.165, 1.54) is 22.3 Å². The van der Waals surface area contributed by atoms with Crippen molar-refractivity contribution in [3.05, 3.63) is 144 Å². The molecule has 0 amide bonds. The Morgan fingerprint density at radius 2 is 0.941 bits per heavy atom. The van der Waals surface area contributed by atoms with Gasteiger partial charge in [0.25, 0.3) is 0 Å². The number of benzene rings is 4. The van der Waals surface area contributed by atoms with Crippen molar-refractivity contribution in [2.45, 2.75) is 24.9 Å². The SMILES string of the molecule is CCC(c1ccccc1)(c1ccccc1)N1CCN(C(c2ccccc2)c2ccccc2)CC1. The van der Waals surface area contributed by atoms with Gasteiger partial charge in [0.15, 0.2) is 0 Å². The summed E-state index contributed by atoms with van der Waals surface area (Å²) in [6.07, 6.45) is 1.04. The summed E-state index contributed by atoms with van der Waals surface area (Å²) >= 11 is 0. The van der Waals surface area contributed by atoms with Crippen LogP contribution in [0.3, 0.4) is 0 Å². The van der Waals surface area contributed by atoms with E-state index >= 15 is 0 Å². The van der Waals surface area contributed by atoms with Crippen LogP contribution in [0.5, 0.6) is 0 Å². The van der Waals surface area contributed by atoms with Crippen LogP contribution >= 0.6 is 0 Å². The summed E-state index contributed by atoms with van der Waals surface area (Å²) in [5.41, 5.74) is 5.41. The highest BCUT2D eigenvalue weighted by Gasteiger charge is 2.40. The monoisotopic (exact) mass is 446 g/mol. The summed E-state index contributed by atoms with van der Waals surface area (Å²) in [5.74, 6) is 0. The van der Waals surface area contributed by atoms with Gasteiger partial charge in [-0.05, 0) is 28.7 Å². The molecule has 0 aliphatic carbocycles. The van der Waals surface area contributed by atoms with Gasteiger partial charge in [0.2, 0.25) is 0 Å². The fraction of sp³-hybridized carbons (Fsp3) is 0.250. The molecule has 172 valence electrons. The maximum absolute atomic E-state index is 2.72. The summed E-state index contributed by atoms with van der Waals surface area (Å²) in [6, 6.07) is 44.4. The second-order valence-electron chi connectivity index (χ2n) is 9.19. The summed E-state index contributed by atoms with van der Waals surface area (Å²) in [7, 11) is 0. The van der Waals surface area contributed by atoms with Crippen molar-refractivity contribution in [3.8, 4) is 0 Å². The highest BCUT2D eigenvalue weighted by Crippen LogP contribution is 2.40. The van der Waals surface area contributed by atoms with Crippen molar-refractivity contribution in [3.63, 3.8) is 0 Å². The molecule has 1 heterocycles. The molecular weight excluding hydrogens is 412 g/mol. The predicted molar refractivity (Wildman–Crippen MR) is 142 cm³/mol. The first kappa shape index (κ1) is 22.6. The molecule has 1 aliphatic heterocycles. The Morgan fingerprint density at radius 3 is 1.32 bits per heavy atom. The second kappa shape index (κ2) is 10.4. The molecule has 0 spiro atoms. The van der Waals surface area contributed by atoms with Gasteiger partial charge in [-0.3, -0.25) is 9.80 Å². The Hall–Kier alpha value is -3.20. The van der Waals surface area contributed by atoms with Gasteiger partial charge in [0.05, 0.1) is 11.6 Å². The average molecular weight is 447 g/mol. The molecule has 34 heavy (non-hydrogen) atoms. The molecule has 1 aliphatic rings. The first-order valence-electron chi connectivity index (χ1n) is 12.5. The molecule has 1 saturated heterocycles. The number of nitrogens with zero attached hydrogens (tertiary/aromatic N) is 2. The molecule has 2 nitrogen and oxygen atoms in total. The molecule has 0 aromatic heterocycles. The fourth-order valence-electron chi connectivity index (χ4n) is 5.84. The largest absolute Gasteiger partial charge is 0.290 e. The van der Waals surface area contributed by atoms with E-state index in [0.717, 1.165) is 32.6 Å². The van der Waals surface area contributed by atoms with Gasteiger partial charge < -0.3 is 0 Å². The molecule has 0 atom stereocenters. The summed E-state index contributed by atoms with van der Waals surface area (Å²) in [4.78, 5) is 5.39. The van der Waals surface area contributed by atoms with E-state index in [4.69, 9.17) is 0 Å². The highest BCUT2D eigenvalue weighted by molar-refractivity contribution is 5.39. The van der Waals surface area contributed by atoms with Crippen LogP contribution in [0.1, 0.15) is 41.6 Å². The lowest BCUT2D eigenvalue weighted by Gasteiger charge is -2.49. The van der Waals surface area contributed by atoms with Crippen molar-refractivity contribution in [2.24, 2.45) is 0 Å². The fourth-order valence-corrected chi connectivity index (χ4v) is 5.84. The van der Waals surface area contributed by atoms with Gasteiger partial charge in [0, 0.05) is 26.2 Å². The van der Waals surface area contributed by atoms with Crippen molar-refractivity contribution in [2.75, 3.05) is 26.2 Å². The van der Waals surface area contributed by atoms with Crippen molar-refractivity contribution >= 4 is 0 Å². The van der Waals surface area contributed by atoms with Crippen molar-refractivity contribution in [1.29, 1.82) is 0 Å².